The molecule has 1 aliphatic rings. The zero-order valence-corrected chi connectivity index (χ0v) is 16.2. The van der Waals surface area contributed by atoms with Crippen LogP contribution < -0.4 is 10.6 Å². The predicted molar refractivity (Wildman–Crippen MR) is 108 cm³/mol. The van der Waals surface area contributed by atoms with Crippen molar-refractivity contribution in [2.75, 3.05) is 24.6 Å². The van der Waals surface area contributed by atoms with Crippen LogP contribution in [0, 0.1) is 0 Å². The molecule has 0 radical (unpaired) electrons. The summed E-state index contributed by atoms with van der Waals surface area (Å²) in [5, 5.41) is 21.5. The van der Waals surface area contributed by atoms with Gasteiger partial charge in [0.05, 0.1) is 23.9 Å². The smallest absolute Gasteiger partial charge is 0.191 e. The van der Waals surface area contributed by atoms with Crippen LogP contribution in [0.15, 0.2) is 47.7 Å². The van der Waals surface area contributed by atoms with E-state index in [1.165, 1.54) is 0 Å². The molecule has 0 aliphatic carbocycles. The van der Waals surface area contributed by atoms with E-state index in [-0.39, 0.29) is 6.04 Å². The van der Waals surface area contributed by atoms with E-state index in [9.17, 15) is 5.11 Å². The van der Waals surface area contributed by atoms with Crippen molar-refractivity contribution in [3.05, 3.63) is 48.3 Å². The van der Waals surface area contributed by atoms with Crippen molar-refractivity contribution in [3.63, 3.8) is 0 Å². The monoisotopic (exact) mass is 373 g/mol. The Labute approximate surface area is 159 Å². The Morgan fingerprint density at radius 1 is 1.46 bits per heavy atom. The molecule has 2 heterocycles. The lowest BCUT2D eigenvalue weighted by Crippen LogP contribution is -2.41. The Kier molecular flexibility index (Phi) is 6.21. The Balaban J connectivity index is 1.69. The van der Waals surface area contributed by atoms with Crippen LogP contribution in [0.4, 0.5) is 0 Å². The van der Waals surface area contributed by atoms with E-state index < -0.39 is 5.60 Å². The number of guanidine groups is 1. The van der Waals surface area contributed by atoms with Gasteiger partial charge in [0.2, 0.25) is 0 Å². The third-order valence-electron chi connectivity index (χ3n) is 4.45. The molecule has 1 saturated heterocycles. The summed E-state index contributed by atoms with van der Waals surface area (Å²) in [5.74, 6) is 2.50. The molecule has 6 nitrogen and oxygen atoms in total. The van der Waals surface area contributed by atoms with Crippen LogP contribution in [0.1, 0.15) is 31.9 Å². The number of hydrogen-bond donors (Lipinski definition) is 3. The molecule has 1 aliphatic heterocycles. The van der Waals surface area contributed by atoms with Gasteiger partial charge in [-0.15, -0.1) is 0 Å². The number of aromatic nitrogens is 2. The number of aliphatic hydroxyl groups is 1. The molecule has 2 atom stereocenters. The molecule has 0 amide bonds. The fraction of sp³-hybridized carbons (Fsp3) is 0.474. The molecule has 1 aromatic carbocycles. The van der Waals surface area contributed by atoms with Crippen molar-refractivity contribution in [3.8, 4) is 5.69 Å². The van der Waals surface area contributed by atoms with Gasteiger partial charge < -0.3 is 15.7 Å². The first-order chi connectivity index (χ1) is 12.6. The maximum absolute atomic E-state index is 10.5. The first-order valence-corrected chi connectivity index (χ1v) is 10.2. The second kappa shape index (κ2) is 8.60. The van der Waals surface area contributed by atoms with Gasteiger partial charge in [0.1, 0.15) is 0 Å². The van der Waals surface area contributed by atoms with E-state index in [0.717, 1.165) is 41.7 Å². The molecule has 0 spiro atoms. The molecule has 7 heteroatoms. The fourth-order valence-corrected chi connectivity index (χ4v) is 4.20. The lowest BCUT2D eigenvalue weighted by molar-refractivity contribution is 0.0778. The summed E-state index contributed by atoms with van der Waals surface area (Å²) in [5.41, 5.74) is 1.51. The SMILES string of the molecule is CCNC(=NCC1(O)CCSC1)NC(C)c1cccc(-n2cccn2)c1. The van der Waals surface area contributed by atoms with Gasteiger partial charge in [-0.1, -0.05) is 12.1 Å². The maximum atomic E-state index is 10.5. The number of benzene rings is 1. The third kappa shape index (κ3) is 4.80. The van der Waals surface area contributed by atoms with Gasteiger partial charge in [-0.2, -0.15) is 16.9 Å². The van der Waals surface area contributed by atoms with Gasteiger partial charge in [0, 0.05) is 24.7 Å². The molecule has 1 fully saturated rings. The summed E-state index contributed by atoms with van der Waals surface area (Å²) < 4.78 is 1.85. The molecule has 3 N–H and O–H groups in total. The highest BCUT2D eigenvalue weighted by Gasteiger charge is 2.31. The van der Waals surface area contributed by atoms with Crippen molar-refractivity contribution in [1.82, 2.24) is 20.4 Å². The minimum Gasteiger partial charge on any atom is -0.387 e. The maximum Gasteiger partial charge on any atom is 0.191 e. The van der Waals surface area contributed by atoms with E-state index in [0.29, 0.717) is 6.54 Å². The van der Waals surface area contributed by atoms with Crippen LogP contribution in [0.25, 0.3) is 5.69 Å². The largest absolute Gasteiger partial charge is 0.387 e. The molecule has 2 aromatic rings. The van der Waals surface area contributed by atoms with Gasteiger partial charge in [-0.05, 0) is 49.8 Å². The average molecular weight is 374 g/mol. The van der Waals surface area contributed by atoms with Gasteiger partial charge in [0.15, 0.2) is 5.96 Å². The van der Waals surface area contributed by atoms with Crippen LogP contribution in [0.5, 0.6) is 0 Å². The summed E-state index contributed by atoms with van der Waals surface area (Å²) >= 11 is 1.79. The van der Waals surface area contributed by atoms with Crippen LogP contribution >= 0.6 is 11.8 Å². The van der Waals surface area contributed by atoms with Crippen molar-refractivity contribution < 1.29 is 5.11 Å². The van der Waals surface area contributed by atoms with Gasteiger partial charge >= 0.3 is 0 Å². The highest BCUT2D eigenvalue weighted by molar-refractivity contribution is 7.99. The van der Waals surface area contributed by atoms with Crippen LogP contribution in [0.3, 0.4) is 0 Å². The molecule has 1 aromatic heterocycles. The lowest BCUT2D eigenvalue weighted by Gasteiger charge is -2.22. The van der Waals surface area contributed by atoms with E-state index >= 15 is 0 Å². The lowest BCUT2D eigenvalue weighted by atomic mass is 10.0. The molecular weight excluding hydrogens is 346 g/mol. The number of aliphatic imine (C=N–C) groups is 1. The normalized spacial score (nSPS) is 21.6. The van der Waals surface area contributed by atoms with E-state index in [4.69, 9.17) is 0 Å². The second-order valence-electron chi connectivity index (χ2n) is 6.63. The topological polar surface area (TPSA) is 74.5 Å². The fourth-order valence-electron chi connectivity index (χ4n) is 2.91. The van der Waals surface area contributed by atoms with Crippen LogP contribution in [-0.4, -0.2) is 51.0 Å². The van der Waals surface area contributed by atoms with E-state index in [1.54, 1.807) is 18.0 Å². The zero-order chi connectivity index (χ0) is 18.4. The highest BCUT2D eigenvalue weighted by Crippen LogP contribution is 2.27. The number of thioether (sulfide) groups is 1. The number of rotatable bonds is 6. The van der Waals surface area contributed by atoms with Crippen molar-refractivity contribution in [2.24, 2.45) is 4.99 Å². The first kappa shape index (κ1) is 18.8. The standard InChI is InChI=1S/C19H27N5OS/c1-3-20-18(21-13-19(25)8-11-26-14-19)23-15(2)16-6-4-7-17(12-16)24-10-5-9-22-24/h4-7,9-10,12,15,25H,3,8,11,13-14H2,1-2H3,(H2,20,21,23). The molecule has 2 unspecified atom stereocenters. The Morgan fingerprint density at radius 3 is 3.04 bits per heavy atom. The second-order valence-corrected chi connectivity index (χ2v) is 7.74. The van der Waals surface area contributed by atoms with Crippen LogP contribution in [0.2, 0.25) is 0 Å². The number of nitrogens with one attached hydrogen (secondary N) is 2. The molecule has 3 rings (SSSR count). The minimum absolute atomic E-state index is 0.0795. The summed E-state index contributed by atoms with van der Waals surface area (Å²) in [6.07, 6.45) is 4.52. The molecular formula is C19H27N5OS. The molecule has 0 bridgehead atoms. The summed E-state index contributed by atoms with van der Waals surface area (Å²) in [6.45, 7) is 5.35. The first-order valence-electron chi connectivity index (χ1n) is 9.04. The van der Waals surface area contributed by atoms with Crippen molar-refractivity contribution in [1.29, 1.82) is 0 Å². The number of hydrogen-bond acceptors (Lipinski definition) is 4. The van der Waals surface area contributed by atoms with Gasteiger partial charge in [-0.3, -0.25) is 4.99 Å². The average Bonchev–Trinajstić information content (AvgIpc) is 3.32. The van der Waals surface area contributed by atoms with Crippen LogP contribution in [-0.2, 0) is 0 Å². The summed E-state index contributed by atoms with van der Waals surface area (Å²) in [7, 11) is 0. The number of nitrogens with zero attached hydrogens (tertiary/aromatic N) is 3. The van der Waals surface area contributed by atoms with E-state index in [1.807, 2.05) is 36.0 Å². The minimum atomic E-state index is -0.670. The van der Waals surface area contributed by atoms with Crippen molar-refractivity contribution >= 4 is 17.7 Å². The summed E-state index contributed by atoms with van der Waals surface area (Å²) in [6, 6.07) is 10.3. The summed E-state index contributed by atoms with van der Waals surface area (Å²) in [4.78, 5) is 4.62. The van der Waals surface area contributed by atoms with Gasteiger partial charge in [-0.25, -0.2) is 4.68 Å². The van der Waals surface area contributed by atoms with Crippen molar-refractivity contribution in [2.45, 2.75) is 31.9 Å². The molecule has 26 heavy (non-hydrogen) atoms. The Bertz CT molecular complexity index is 725. The van der Waals surface area contributed by atoms with Gasteiger partial charge in [0.25, 0.3) is 0 Å². The molecule has 0 saturated carbocycles. The third-order valence-corrected chi connectivity index (χ3v) is 5.68. The Morgan fingerprint density at radius 2 is 2.35 bits per heavy atom. The van der Waals surface area contributed by atoms with E-state index in [2.05, 4.69) is 39.8 Å². The quantitative estimate of drug-likeness (QED) is 0.535. The Hall–Kier alpha value is -1.99. The highest BCUT2D eigenvalue weighted by atomic mass is 32.2. The predicted octanol–water partition coefficient (Wildman–Crippen LogP) is 2.36. The zero-order valence-electron chi connectivity index (χ0n) is 15.4. The molecule has 140 valence electrons.